The fraction of sp³-hybridized carbons (Fsp3) is 0.562. The molecule has 3 rings (SSSR count). The minimum atomic E-state index is -4.50. The number of amides is 1. The van der Waals surface area contributed by atoms with E-state index in [0.29, 0.717) is 26.2 Å². The number of hydrogen-bond donors (Lipinski definition) is 0. The second-order valence-corrected chi connectivity index (χ2v) is 6.47. The second-order valence-electron chi connectivity index (χ2n) is 6.47. The third kappa shape index (κ3) is 4.24. The first-order valence-electron chi connectivity index (χ1n) is 8.32. The van der Waals surface area contributed by atoms with E-state index in [1.165, 1.54) is 6.20 Å². The molecule has 1 amide bonds. The summed E-state index contributed by atoms with van der Waals surface area (Å²) in [4.78, 5) is 16.2. The molecule has 26 heavy (non-hydrogen) atoms. The molecule has 1 aliphatic rings. The fourth-order valence-electron chi connectivity index (χ4n) is 3.04. The van der Waals surface area contributed by atoms with Gasteiger partial charge < -0.3 is 4.90 Å². The Morgan fingerprint density at radius 3 is 2.42 bits per heavy atom. The van der Waals surface area contributed by atoms with Gasteiger partial charge in [0.2, 0.25) is 5.91 Å². The topological polar surface area (TPSA) is 59.2 Å². The Balaban J connectivity index is 1.50. The Labute approximate surface area is 149 Å². The third-order valence-corrected chi connectivity index (χ3v) is 4.46. The second kappa shape index (κ2) is 7.10. The van der Waals surface area contributed by atoms with Gasteiger partial charge in [-0.2, -0.15) is 23.4 Å². The van der Waals surface area contributed by atoms with Crippen LogP contribution in [0.3, 0.4) is 0 Å². The largest absolute Gasteiger partial charge is 0.435 e. The van der Waals surface area contributed by atoms with E-state index in [0.717, 1.165) is 28.6 Å². The molecule has 1 saturated heterocycles. The number of aromatic nitrogens is 4. The van der Waals surface area contributed by atoms with E-state index in [1.54, 1.807) is 9.58 Å². The van der Waals surface area contributed by atoms with Gasteiger partial charge in [-0.3, -0.25) is 19.1 Å². The van der Waals surface area contributed by atoms with Crippen LogP contribution in [0.4, 0.5) is 13.2 Å². The first-order chi connectivity index (χ1) is 12.2. The lowest BCUT2D eigenvalue weighted by molar-refractivity contribution is -0.142. The van der Waals surface area contributed by atoms with Gasteiger partial charge in [0, 0.05) is 57.7 Å². The smallest absolute Gasteiger partial charge is 0.339 e. The van der Waals surface area contributed by atoms with Crippen molar-refractivity contribution >= 4 is 5.91 Å². The number of piperazine rings is 1. The highest BCUT2D eigenvalue weighted by Crippen LogP contribution is 2.27. The molecule has 0 aliphatic carbocycles. The number of alkyl halides is 3. The van der Waals surface area contributed by atoms with Crippen LogP contribution >= 0.6 is 0 Å². The molecule has 3 heterocycles. The highest BCUT2D eigenvalue weighted by atomic mass is 19.4. The van der Waals surface area contributed by atoms with E-state index in [4.69, 9.17) is 0 Å². The molecular weight excluding hydrogens is 349 g/mol. The maximum Gasteiger partial charge on any atom is 0.435 e. The van der Waals surface area contributed by atoms with Gasteiger partial charge in [-0.15, -0.1) is 0 Å². The van der Waals surface area contributed by atoms with Gasteiger partial charge in [0.15, 0.2) is 5.69 Å². The molecule has 0 spiro atoms. The van der Waals surface area contributed by atoms with Gasteiger partial charge in [-0.05, 0) is 13.0 Å². The Hall–Kier alpha value is -2.36. The van der Waals surface area contributed by atoms with Crippen LogP contribution in [0.5, 0.6) is 0 Å². The molecule has 0 atom stereocenters. The normalized spacial score (nSPS) is 16.3. The summed E-state index contributed by atoms with van der Waals surface area (Å²) in [5.41, 5.74) is 1.16. The van der Waals surface area contributed by atoms with Crippen molar-refractivity contribution in [2.75, 3.05) is 26.2 Å². The third-order valence-electron chi connectivity index (χ3n) is 4.46. The molecule has 0 N–H and O–H groups in total. The quantitative estimate of drug-likeness (QED) is 0.814. The van der Waals surface area contributed by atoms with E-state index < -0.39 is 11.9 Å². The molecule has 2 aromatic heterocycles. The van der Waals surface area contributed by atoms with Gasteiger partial charge in [0.05, 0.1) is 5.69 Å². The van der Waals surface area contributed by atoms with E-state index in [-0.39, 0.29) is 12.5 Å². The summed E-state index contributed by atoms with van der Waals surface area (Å²) in [5.74, 6) is -0.223. The summed E-state index contributed by atoms with van der Waals surface area (Å²) < 4.78 is 40.5. The number of nitrogens with zero attached hydrogens (tertiary/aromatic N) is 6. The van der Waals surface area contributed by atoms with Crippen molar-refractivity contribution in [1.29, 1.82) is 0 Å². The summed E-state index contributed by atoms with van der Waals surface area (Å²) in [6, 6.07) is 0.876. The van der Waals surface area contributed by atoms with E-state index >= 15 is 0 Å². The number of rotatable bonds is 4. The molecule has 0 unspecified atom stereocenters. The number of carbonyl (C=O) groups is 1. The van der Waals surface area contributed by atoms with E-state index in [9.17, 15) is 18.0 Å². The maximum atomic E-state index is 12.6. The summed E-state index contributed by atoms with van der Waals surface area (Å²) in [5, 5.41) is 7.75. The van der Waals surface area contributed by atoms with Crippen LogP contribution in [0.1, 0.15) is 17.0 Å². The van der Waals surface area contributed by atoms with Crippen LogP contribution in [0.15, 0.2) is 18.5 Å². The summed E-state index contributed by atoms with van der Waals surface area (Å²) in [7, 11) is 1.88. The van der Waals surface area contributed by atoms with Crippen molar-refractivity contribution in [2.24, 2.45) is 7.05 Å². The van der Waals surface area contributed by atoms with Crippen molar-refractivity contribution in [2.45, 2.75) is 26.2 Å². The molecule has 0 radical (unpaired) electrons. The lowest BCUT2D eigenvalue weighted by Gasteiger charge is -2.34. The molecule has 10 heteroatoms. The van der Waals surface area contributed by atoms with Crippen LogP contribution in [0, 0.1) is 6.92 Å². The minimum absolute atomic E-state index is 0.183. The predicted octanol–water partition coefficient (Wildman–Crippen LogP) is 1.29. The van der Waals surface area contributed by atoms with Crippen LogP contribution in [-0.4, -0.2) is 61.4 Å². The first-order valence-corrected chi connectivity index (χ1v) is 8.32. The van der Waals surface area contributed by atoms with Crippen molar-refractivity contribution in [3.8, 4) is 0 Å². The molecular formula is C16H21F3N6O. The number of carbonyl (C=O) groups excluding carboxylic acids is 1. The van der Waals surface area contributed by atoms with Crippen LogP contribution < -0.4 is 0 Å². The van der Waals surface area contributed by atoms with Gasteiger partial charge >= 0.3 is 6.18 Å². The number of hydrogen-bond acceptors (Lipinski definition) is 4. The summed E-state index contributed by atoms with van der Waals surface area (Å²) in [6.45, 7) is 5.08. The summed E-state index contributed by atoms with van der Waals surface area (Å²) >= 11 is 0. The molecule has 142 valence electrons. The number of aryl methyl sites for hydroxylation is 2. The summed E-state index contributed by atoms with van der Waals surface area (Å²) in [6.07, 6.45) is -1.32. The highest BCUT2D eigenvalue weighted by Gasteiger charge is 2.33. The standard InChI is InChI=1S/C16H21F3N6O/c1-12-13(9-22(2)20-12)10-23-5-7-24(8-6-23)15(26)11-25-4-3-14(21-25)16(17,18)19/h3-4,9H,5-8,10-11H2,1-2H3. The molecule has 1 aliphatic heterocycles. The first kappa shape index (κ1) is 18.4. The molecule has 1 fully saturated rings. The Morgan fingerprint density at radius 1 is 1.19 bits per heavy atom. The molecule has 7 nitrogen and oxygen atoms in total. The zero-order chi connectivity index (χ0) is 18.9. The van der Waals surface area contributed by atoms with Gasteiger partial charge in [-0.25, -0.2) is 0 Å². The minimum Gasteiger partial charge on any atom is -0.339 e. The monoisotopic (exact) mass is 370 g/mol. The zero-order valence-corrected chi connectivity index (χ0v) is 14.7. The molecule has 0 bridgehead atoms. The molecule has 2 aromatic rings. The highest BCUT2D eigenvalue weighted by molar-refractivity contribution is 5.76. The van der Waals surface area contributed by atoms with E-state index in [2.05, 4.69) is 15.1 Å². The maximum absolute atomic E-state index is 12.6. The molecule has 0 saturated carbocycles. The fourth-order valence-corrected chi connectivity index (χ4v) is 3.04. The zero-order valence-electron chi connectivity index (χ0n) is 14.7. The molecule has 0 aromatic carbocycles. The van der Waals surface area contributed by atoms with Gasteiger partial charge in [0.1, 0.15) is 6.54 Å². The predicted molar refractivity (Wildman–Crippen MR) is 87.0 cm³/mol. The lowest BCUT2D eigenvalue weighted by Crippen LogP contribution is -2.49. The van der Waals surface area contributed by atoms with Crippen molar-refractivity contribution in [3.63, 3.8) is 0 Å². The lowest BCUT2D eigenvalue weighted by atomic mass is 10.2. The average Bonchev–Trinajstić information content (AvgIpc) is 3.14. The Bertz CT molecular complexity index is 773. The van der Waals surface area contributed by atoms with Crippen molar-refractivity contribution in [1.82, 2.24) is 29.4 Å². The van der Waals surface area contributed by atoms with Crippen LogP contribution in [-0.2, 0) is 31.1 Å². The average molecular weight is 370 g/mol. The van der Waals surface area contributed by atoms with Crippen LogP contribution in [0.25, 0.3) is 0 Å². The Morgan fingerprint density at radius 2 is 1.88 bits per heavy atom. The van der Waals surface area contributed by atoms with Gasteiger partial charge in [0.25, 0.3) is 0 Å². The Kier molecular flexibility index (Phi) is 5.03. The van der Waals surface area contributed by atoms with Gasteiger partial charge in [-0.1, -0.05) is 0 Å². The SMILES string of the molecule is Cc1nn(C)cc1CN1CCN(C(=O)Cn2ccc(C(F)(F)F)n2)CC1. The van der Waals surface area contributed by atoms with Crippen molar-refractivity contribution in [3.05, 3.63) is 35.4 Å². The van der Waals surface area contributed by atoms with E-state index in [1.807, 2.05) is 20.2 Å². The van der Waals surface area contributed by atoms with Crippen molar-refractivity contribution < 1.29 is 18.0 Å². The van der Waals surface area contributed by atoms with Crippen LogP contribution in [0.2, 0.25) is 0 Å². The number of halogens is 3.